The van der Waals surface area contributed by atoms with Crippen LogP contribution in [0, 0.1) is 0 Å². The highest BCUT2D eigenvalue weighted by molar-refractivity contribution is 5.84. The first-order valence-electron chi connectivity index (χ1n) is 5.50. The van der Waals surface area contributed by atoms with Crippen LogP contribution in [0.5, 0.6) is 11.5 Å². The second-order valence-corrected chi connectivity index (χ2v) is 4.12. The molecule has 3 rings (SSSR count). The van der Waals surface area contributed by atoms with Gasteiger partial charge in [-0.25, -0.2) is 0 Å². The molecule has 1 aromatic heterocycles. The maximum atomic E-state index is 11.9. The SMILES string of the molecule is O=c1cc(C2C=CC=C2)oc2c(O)c(O)ccc12. The summed E-state index contributed by atoms with van der Waals surface area (Å²) in [5.74, 6) is -0.375. The highest BCUT2D eigenvalue weighted by atomic mass is 16.4. The Morgan fingerprint density at radius 1 is 1.11 bits per heavy atom. The van der Waals surface area contributed by atoms with Crippen molar-refractivity contribution in [1.29, 1.82) is 0 Å². The fraction of sp³-hybridized carbons (Fsp3) is 0.0714. The molecule has 0 unspecified atom stereocenters. The molecular weight excluding hydrogens is 232 g/mol. The van der Waals surface area contributed by atoms with Gasteiger partial charge in [-0.1, -0.05) is 24.3 Å². The zero-order chi connectivity index (χ0) is 12.7. The molecule has 4 nitrogen and oxygen atoms in total. The van der Waals surface area contributed by atoms with Gasteiger partial charge in [0.25, 0.3) is 0 Å². The van der Waals surface area contributed by atoms with E-state index >= 15 is 0 Å². The predicted molar refractivity (Wildman–Crippen MR) is 66.8 cm³/mol. The number of rotatable bonds is 1. The molecule has 0 saturated heterocycles. The van der Waals surface area contributed by atoms with Gasteiger partial charge in [0.15, 0.2) is 16.8 Å². The number of benzene rings is 1. The molecule has 2 N–H and O–H groups in total. The largest absolute Gasteiger partial charge is 0.504 e. The summed E-state index contributed by atoms with van der Waals surface area (Å²) in [7, 11) is 0. The van der Waals surface area contributed by atoms with Gasteiger partial charge in [0, 0.05) is 6.07 Å². The molecule has 4 heteroatoms. The maximum absolute atomic E-state index is 11.9. The van der Waals surface area contributed by atoms with Crippen molar-refractivity contribution >= 4 is 11.0 Å². The summed E-state index contributed by atoms with van der Waals surface area (Å²) in [6.07, 6.45) is 7.47. The molecule has 2 aromatic rings. The van der Waals surface area contributed by atoms with Crippen molar-refractivity contribution in [2.24, 2.45) is 0 Å². The van der Waals surface area contributed by atoms with Crippen molar-refractivity contribution in [1.82, 2.24) is 0 Å². The fourth-order valence-electron chi connectivity index (χ4n) is 2.00. The van der Waals surface area contributed by atoms with Gasteiger partial charge in [0.05, 0.1) is 11.3 Å². The zero-order valence-electron chi connectivity index (χ0n) is 9.33. The lowest BCUT2D eigenvalue weighted by atomic mass is 10.1. The number of allylic oxidation sites excluding steroid dienone is 4. The third kappa shape index (κ3) is 1.50. The van der Waals surface area contributed by atoms with Crippen LogP contribution in [0.15, 0.2) is 51.7 Å². The predicted octanol–water partition coefficient (Wildman–Crippen LogP) is 2.41. The van der Waals surface area contributed by atoms with Crippen LogP contribution >= 0.6 is 0 Å². The monoisotopic (exact) mass is 242 g/mol. The normalized spacial score (nSPS) is 14.7. The molecule has 90 valence electrons. The van der Waals surface area contributed by atoms with Gasteiger partial charge < -0.3 is 14.6 Å². The molecule has 1 heterocycles. The highest BCUT2D eigenvalue weighted by Crippen LogP contribution is 2.34. The molecule has 0 amide bonds. The average Bonchev–Trinajstić information content (AvgIpc) is 2.88. The van der Waals surface area contributed by atoms with E-state index in [9.17, 15) is 15.0 Å². The number of phenols is 2. The van der Waals surface area contributed by atoms with E-state index in [1.807, 2.05) is 24.3 Å². The summed E-state index contributed by atoms with van der Waals surface area (Å²) in [5, 5.41) is 19.4. The minimum atomic E-state index is -0.405. The number of aromatic hydroxyl groups is 2. The summed E-state index contributed by atoms with van der Waals surface area (Å²) in [6, 6.07) is 4.10. The molecule has 0 bridgehead atoms. The quantitative estimate of drug-likeness (QED) is 0.753. The molecule has 0 fully saturated rings. The van der Waals surface area contributed by atoms with Gasteiger partial charge in [-0.3, -0.25) is 4.79 Å². The third-order valence-electron chi connectivity index (χ3n) is 2.95. The van der Waals surface area contributed by atoms with Crippen LogP contribution in [0.25, 0.3) is 11.0 Å². The second-order valence-electron chi connectivity index (χ2n) is 4.12. The van der Waals surface area contributed by atoms with Gasteiger partial charge in [-0.2, -0.15) is 0 Å². The van der Waals surface area contributed by atoms with Crippen LogP contribution in [-0.4, -0.2) is 10.2 Å². The lowest BCUT2D eigenvalue weighted by Gasteiger charge is -2.07. The zero-order valence-corrected chi connectivity index (χ0v) is 9.33. The molecule has 1 aliphatic carbocycles. The van der Waals surface area contributed by atoms with Gasteiger partial charge in [0.2, 0.25) is 5.75 Å². The Hall–Kier alpha value is -2.49. The van der Waals surface area contributed by atoms with Crippen molar-refractivity contribution in [2.75, 3.05) is 0 Å². The van der Waals surface area contributed by atoms with Crippen LogP contribution in [0.1, 0.15) is 11.7 Å². The van der Waals surface area contributed by atoms with Crippen molar-refractivity contribution < 1.29 is 14.6 Å². The van der Waals surface area contributed by atoms with E-state index < -0.39 is 5.75 Å². The summed E-state index contributed by atoms with van der Waals surface area (Å²) in [4.78, 5) is 11.9. The van der Waals surface area contributed by atoms with Crippen LogP contribution < -0.4 is 5.43 Å². The van der Waals surface area contributed by atoms with Crippen molar-refractivity contribution in [3.63, 3.8) is 0 Å². The standard InChI is InChI=1S/C14H10O4/c15-10-6-5-9-11(16)7-12(8-3-1-2-4-8)18-14(9)13(10)17/h1-8,15,17H. The minimum absolute atomic E-state index is 0.0196. The number of hydrogen-bond acceptors (Lipinski definition) is 4. The lowest BCUT2D eigenvalue weighted by Crippen LogP contribution is -2.03. The minimum Gasteiger partial charge on any atom is -0.504 e. The van der Waals surface area contributed by atoms with Gasteiger partial charge in [-0.15, -0.1) is 0 Å². The first kappa shape index (κ1) is 10.7. The Morgan fingerprint density at radius 2 is 1.83 bits per heavy atom. The van der Waals surface area contributed by atoms with Crippen molar-refractivity contribution in [3.05, 3.63) is 58.5 Å². The van der Waals surface area contributed by atoms with E-state index in [2.05, 4.69) is 0 Å². The second kappa shape index (κ2) is 3.77. The summed E-state index contributed by atoms with van der Waals surface area (Å²) in [5.41, 5.74) is -0.221. The van der Waals surface area contributed by atoms with Gasteiger partial charge in [-0.05, 0) is 12.1 Å². The fourth-order valence-corrected chi connectivity index (χ4v) is 2.00. The Balaban J connectivity index is 2.31. The van der Waals surface area contributed by atoms with E-state index in [1.165, 1.54) is 18.2 Å². The van der Waals surface area contributed by atoms with Crippen LogP contribution in [-0.2, 0) is 0 Å². The van der Waals surface area contributed by atoms with Crippen LogP contribution in [0.2, 0.25) is 0 Å². The van der Waals surface area contributed by atoms with E-state index in [4.69, 9.17) is 4.42 Å². The van der Waals surface area contributed by atoms with E-state index in [0.717, 1.165) is 0 Å². The Morgan fingerprint density at radius 3 is 2.56 bits per heavy atom. The summed E-state index contributed by atoms with van der Waals surface area (Å²) >= 11 is 0. The van der Waals surface area contributed by atoms with E-state index in [-0.39, 0.29) is 28.1 Å². The average molecular weight is 242 g/mol. The topological polar surface area (TPSA) is 70.7 Å². The molecule has 0 spiro atoms. The molecule has 0 aliphatic heterocycles. The van der Waals surface area contributed by atoms with Crippen molar-refractivity contribution in [2.45, 2.75) is 5.92 Å². The first-order chi connectivity index (χ1) is 8.66. The first-order valence-corrected chi connectivity index (χ1v) is 5.50. The van der Waals surface area contributed by atoms with Crippen molar-refractivity contribution in [3.8, 4) is 11.5 Å². The molecule has 0 radical (unpaired) electrons. The highest BCUT2D eigenvalue weighted by Gasteiger charge is 2.16. The smallest absolute Gasteiger partial charge is 0.201 e. The molecule has 0 atom stereocenters. The molecule has 1 aromatic carbocycles. The number of phenolic OH excluding ortho intramolecular Hbond substituents is 2. The molecular formula is C14H10O4. The summed E-state index contributed by atoms with van der Waals surface area (Å²) in [6.45, 7) is 0. The molecule has 0 saturated carbocycles. The lowest BCUT2D eigenvalue weighted by molar-refractivity contribution is 0.396. The van der Waals surface area contributed by atoms with E-state index in [0.29, 0.717) is 5.76 Å². The Bertz CT molecular complexity index is 725. The number of fused-ring (bicyclic) bond motifs is 1. The van der Waals surface area contributed by atoms with E-state index in [1.54, 1.807) is 0 Å². The maximum Gasteiger partial charge on any atom is 0.201 e. The molecule has 1 aliphatic rings. The third-order valence-corrected chi connectivity index (χ3v) is 2.95. The molecule has 18 heavy (non-hydrogen) atoms. The van der Waals surface area contributed by atoms with Crippen LogP contribution in [0.3, 0.4) is 0 Å². The summed E-state index contributed by atoms with van der Waals surface area (Å²) < 4.78 is 5.53. The van der Waals surface area contributed by atoms with Gasteiger partial charge >= 0.3 is 0 Å². The van der Waals surface area contributed by atoms with Gasteiger partial charge in [0.1, 0.15) is 5.76 Å². The Labute approximate surface area is 102 Å². The van der Waals surface area contributed by atoms with Crippen LogP contribution in [0.4, 0.5) is 0 Å². The number of hydrogen-bond donors (Lipinski definition) is 2. The Kier molecular flexibility index (Phi) is 2.23.